The van der Waals surface area contributed by atoms with E-state index in [2.05, 4.69) is 18.4 Å². The Hall–Kier alpha value is -2.01. The fourth-order valence-corrected chi connectivity index (χ4v) is 2.24. The van der Waals surface area contributed by atoms with Gasteiger partial charge in [-0.3, -0.25) is 4.79 Å². The van der Waals surface area contributed by atoms with Gasteiger partial charge in [0.1, 0.15) is 0 Å². The minimum Gasteiger partial charge on any atom is -0.327 e. The number of hydrogen-bond acceptors (Lipinski definition) is 1. The smallest absolute Gasteiger partial charge is 0.234 e. The number of likely N-dealkylation sites (tertiary alicyclic amines) is 1. The lowest BCUT2D eigenvalue weighted by molar-refractivity contribution is -0.129. The Morgan fingerprint density at radius 3 is 3.11 bits per heavy atom. The van der Waals surface area contributed by atoms with Crippen LogP contribution in [0.3, 0.4) is 0 Å². The van der Waals surface area contributed by atoms with Crippen molar-refractivity contribution < 1.29 is 4.79 Å². The highest BCUT2D eigenvalue weighted by molar-refractivity contribution is 5.87. The molecule has 2 rings (SSSR count). The van der Waals surface area contributed by atoms with Crippen molar-refractivity contribution in [3.63, 3.8) is 0 Å². The molecule has 1 heterocycles. The van der Waals surface area contributed by atoms with Crippen molar-refractivity contribution in [3.8, 4) is 11.8 Å². The highest BCUT2D eigenvalue weighted by atomic mass is 16.2. The van der Waals surface area contributed by atoms with E-state index in [-0.39, 0.29) is 11.8 Å². The van der Waals surface area contributed by atoms with Crippen LogP contribution in [0.4, 0.5) is 0 Å². The topological polar surface area (TPSA) is 20.3 Å². The van der Waals surface area contributed by atoms with Crippen LogP contribution in [0.5, 0.6) is 0 Å². The van der Waals surface area contributed by atoms with E-state index in [0.29, 0.717) is 13.1 Å². The molecule has 0 spiro atoms. The van der Waals surface area contributed by atoms with Crippen molar-refractivity contribution in [1.82, 2.24) is 4.90 Å². The summed E-state index contributed by atoms with van der Waals surface area (Å²) in [7, 11) is 0. The molecule has 2 heteroatoms. The number of hydrogen-bond donors (Lipinski definition) is 0. The molecule has 0 aromatic heterocycles. The molecular weight excluding hydrogens is 234 g/mol. The predicted octanol–water partition coefficient (Wildman–Crippen LogP) is 2.86. The largest absolute Gasteiger partial charge is 0.327 e. The number of carbonyl (C=O) groups excluding carboxylic acids is 1. The van der Waals surface area contributed by atoms with E-state index in [0.717, 1.165) is 19.3 Å². The van der Waals surface area contributed by atoms with Crippen LogP contribution in [-0.2, 0) is 4.79 Å². The van der Waals surface area contributed by atoms with Crippen LogP contribution < -0.4 is 0 Å². The minimum atomic E-state index is -0.0717. The summed E-state index contributed by atoms with van der Waals surface area (Å²) in [5.74, 6) is 6.31. The molecule has 98 valence electrons. The van der Waals surface area contributed by atoms with Crippen LogP contribution in [0.25, 0.3) is 0 Å². The summed E-state index contributed by atoms with van der Waals surface area (Å²) in [6, 6.07) is 0. The molecule has 2 nitrogen and oxygen atoms in total. The summed E-state index contributed by atoms with van der Waals surface area (Å²) in [4.78, 5) is 14.0. The Balaban J connectivity index is 1.88. The second kappa shape index (κ2) is 6.80. The first-order valence-corrected chi connectivity index (χ1v) is 6.72. The maximum absolute atomic E-state index is 12.2. The van der Waals surface area contributed by atoms with Crippen molar-refractivity contribution in [2.45, 2.75) is 19.3 Å². The molecule has 1 atom stereocenters. The average Bonchev–Trinajstić information content (AvgIpc) is 2.60. The van der Waals surface area contributed by atoms with E-state index < -0.39 is 0 Å². The van der Waals surface area contributed by atoms with Gasteiger partial charge < -0.3 is 4.90 Å². The van der Waals surface area contributed by atoms with E-state index >= 15 is 0 Å². The summed E-state index contributed by atoms with van der Waals surface area (Å²) in [6.07, 6.45) is 14.7. The van der Waals surface area contributed by atoms with Crippen LogP contribution in [0, 0.1) is 17.8 Å². The average molecular weight is 253 g/mol. The lowest BCUT2D eigenvalue weighted by atomic mass is 10.0. The van der Waals surface area contributed by atoms with E-state index in [1.165, 1.54) is 5.57 Å². The van der Waals surface area contributed by atoms with Gasteiger partial charge in [-0.05, 0) is 18.4 Å². The molecule has 1 aliphatic heterocycles. The number of nitrogens with zero attached hydrogens (tertiary/aromatic N) is 1. The van der Waals surface area contributed by atoms with E-state index in [1.807, 2.05) is 41.4 Å². The van der Waals surface area contributed by atoms with Gasteiger partial charge in [-0.25, -0.2) is 0 Å². The molecule has 0 radical (unpaired) electrons. The van der Waals surface area contributed by atoms with Gasteiger partial charge in [0.25, 0.3) is 0 Å². The third kappa shape index (κ3) is 3.48. The van der Waals surface area contributed by atoms with Crippen molar-refractivity contribution in [2.24, 2.45) is 5.92 Å². The monoisotopic (exact) mass is 253 g/mol. The Labute approximate surface area is 115 Å². The molecule has 0 aromatic rings. The SMILES string of the molecule is C=CCCCC#CCN1CC2=CC=CC=CC2C1=O. The molecule has 0 bridgehead atoms. The lowest BCUT2D eigenvalue weighted by Gasteiger charge is -2.11. The standard InChI is InChI=1S/C17H19NO/c1-2-3-4-5-6-10-13-18-14-15-11-8-7-9-12-16(15)17(18)19/h2,7-9,11-12,16H,1,3-5,13-14H2. The molecular formula is C17H19NO. The molecule has 0 N–H and O–H groups in total. The number of amides is 1. The normalized spacial score (nSPS) is 20.4. The van der Waals surface area contributed by atoms with Crippen LogP contribution in [-0.4, -0.2) is 23.9 Å². The van der Waals surface area contributed by atoms with Gasteiger partial charge in [0.05, 0.1) is 12.5 Å². The summed E-state index contributed by atoms with van der Waals surface area (Å²) >= 11 is 0. The minimum absolute atomic E-state index is 0.0717. The van der Waals surface area contributed by atoms with Crippen molar-refractivity contribution >= 4 is 5.91 Å². The molecule has 0 saturated carbocycles. The zero-order valence-electron chi connectivity index (χ0n) is 11.1. The second-order valence-electron chi connectivity index (χ2n) is 4.72. The molecule has 1 aliphatic carbocycles. The first-order chi connectivity index (χ1) is 9.33. The molecule has 1 amide bonds. The first kappa shape index (κ1) is 13.4. The molecule has 2 aliphatic rings. The molecule has 19 heavy (non-hydrogen) atoms. The van der Waals surface area contributed by atoms with Gasteiger partial charge in [0.2, 0.25) is 5.91 Å². The third-order valence-corrected chi connectivity index (χ3v) is 3.29. The molecule has 1 unspecified atom stereocenters. The highest BCUT2D eigenvalue weighted by Gasteiger charge is 2.33. The van der Waals surface area contributed by atoms with Crippen LogP contribution in [0.15, 0.2) is 48.6 Å². The summed E-state index contributed by atoms with van der Waals surface area (Å²) in [5, 5.41) is 0. The van der Waals surface area contributed by atoms with Gasteiger partial charge in [-0.15, -0.1) is 12.5 Å². The van der Waals surface area contributed by atoms with Gasteiger partial charge >= 0.3 is 0 Å². The fraction of sp³-hybridized carbons (Fsp3) is 0.353. The zero-order valence-corrected chi connectivity index (χ0v) is 11.1. The van der Waals surface area contributed by atoms with Gasteiger partial charge in [0.15, 0.2) is 0 Å². The fourth-order valence-electron chi connectivity index (χ4n) is 2.24. The second-order valence-corrected chi connectivity index (χ2v) is 4.72. The lowest BCUT2D eigenvalue weighted by Crippen LogP contribution is -2.27. The summed E-state index contributed by atoms with van der Waals surface area (Å²) < 4.78 is 0. The Morgan fingerprint density at radius 2 is 2.26 bits per heavy atom. The first-order valence-electron chi connectivity index (χ1n) is 6.72. The maximum Gasteiger partial charge on any atom is 0.234 e. The Morgan fingerprint density at radius 1 is 1.37 bits per heavy atom. The maximum atomic E-state index is 12.2. The quantitative estimate of drug-likeness (QED) is 0.428. The van der Waals surface area contributed by atoms with Gasteiger partial charge in [-0.2, -0.15) is 0 Å². The molecule has 0 aromatic carbocycles. The van der Waals surface area contributed by atoms with E-state index in [4.69, 9.17) is 0 Å². The molecule has 1 saturated heterocycles. The number of allylic oxidation sites excluding steroid dienone is 5. The van der Waals surface area contributed by atoms with Crippen LogP contribution in [0.1, 0.15) is 19.3 Å². The predicted molar refractivity (Wildman–Crippen MR) is 78.3 cm³/mol. The van der Waals surface area contributed by atoms with Gasteiger partial charge in [-0.1, -0.05) is 42.4 Å². The van der Waals surface area contributed by atoms with E-state index in [9.17, 15) is 4.79 Å². The number of rotatable bonds is 4. The van der Waals surface area contributed by atoms with Crippen LogP contribution >= 0.6 is 0 Å². The number of unbranched alkanes of at least 4 members (excludes halogenated alkanes) is 2. The third-order valence-electron chi connectivity index (χ3n) is 3.29. The van der Waals surface area contributed by atoms with Crippen molar-refractivity contribution in [2.75, 3.05) is 13.1 Å². The van der Waals surface area contributed by atoms with E-state index in [1.54, 1.807) is 0 Å². The highest BCUT2D eigenvalue weighted by Crippen LogP contribution is 2.26. The Kier molecular flexibility index (Phi) is 4.80. The number of carbonyl (C=O) groups is 1. The summed E-state index contributed by atoms with van der Waals surface area (Å²) in [5.41, 5.74) is 1.17. The zero-order chi connectivity index (χ0) is 13.5. The Bertz CT molecular complexity index is 499. The van der Waals surface area contributed by atoms with Gasteiger partial charge in [0, 0.05) is 13.0 Å². The van der Waals surface area contributed by atoms with Crippen LogP contribution in [0.2, 0.25) is 0 Å². The molecule has 1 fully saturated rings. The van der Waals surface area contributed by atoms with Crippen molar-refractivity contribution in [3.05, 3.63) is 48.6 Å². The summed E-state index contributed by atoms with van der Waals surface area (Å²) in [6.45, 7) is 4.93. The number of fused-ring (bicyclic) bond motifs is 1. The van der Waals surface area contributed by atoms with Crippen molar-refractivity contribution in [1.29, 1.82) is 0 Å².